The maximum absolute atomic E-state index is 2.27. The summed E-state index contributed by atoms with van der Waals surface area (Å²) < 4.78 is 1.49. The first-order chi connectivity index (χ1) is 6.06. The van der Waals surface area contributed by atoms with Crippen LogP contribution < -0.4 is 0 Å². The zero-order chi connectivity index (χ0) is 10.3. The molecule has 0 aromatic heterocycles. The van der Waals surface area contributed by atoms with Crippen molar-refractivity contribution >= 4 is 23.5 Å². The summed E-state index contributed by atoms with van der Waals surface area (Å²) in [5.74, 6) is 4.06. The molecule has 0 rings (SSSR count). The first kappa shape index (κ1) is 13.4. The molecule has 0 saturated heterocycles. The highest BCUT2D eigenvalue weighted by atomic mass is 32.2. The molecule has 0 heterocycles. The van der Waals surface area contributed by atoms with Gasteiger partial charge in [-0.05, 0) is 18.8 Å². The van der Waals surface area contributed by atoms with Crippen LogP contribution in [0.4, 0.5) is 0 Å². The summed E-state index contributed by atoms with van der Waals surface area (Å²) >= 11 is 3.99. The van der Waals surface area contributed by atoms with Gasteiger partial charge in [-0.25, -0.2) is 0 Å². The van der Waals surface area contributed by atoms with Crippen LogP contribution in [0.2, 0.25) is 0 Å². The van der Waals surface area contributed by atoms with Gasteiger partial charge in [-0.3, -0.25) is 0 Å². The average molecular weight is 218 g/mol. The van der Waals surface area contributed by atoms with E-state index in [1.807, 2.05) is 23.5 Å². The predicted octanol–water partition coefficient (Wildman–Crippen LogP) is 4.63. The van der Waals surface area contributed by atoms with E-state index in [0.717, 1.165) is 11.8 Å². The molecule has 0 aliphatic rings. The van der Waals surface area contributed by atoms with E-state index in [1.165, 1.54) is 15.7 Å². The molecule has 0 fully saturated rings. The lowest BCUT2D eigenvalue weighted by molar-refractivity contribution is 0.750. The smallest absolute Gasteiger partial charge is 0.0358 e. The summed E-state index contributed by atoms with van der Waals surface area (Å²) in [6.07, 6.45) is 2.24. The molecule has 0 aromatic carbocycles. The summed E-state index contributed by atoms with van der Waals surface area (Å²) in [6.45, 7) is 11.2. The van der Waals surface area contributed by atoms with Crippen LogP contribution in [0.1, 0.15) is 34.6 Å². The third kappa shape index (κ3) is 8.76. The molecule has 0 bridgehead atoms. The minimum absolute atomic E-state index is 0.791. The second-order valence-corrected chi connectivity index (χ2v) is 6.40. The highest BCUT2D eigenvalue weighted by Crippen LogP contribution is 2.30. The largest absolute Gasteiger partial charge is 0.119 e. The van der Waals surface area contributed by atoms with Crippen LogP contribution >= 0.6 is 23.5 Å². The molecule has 78 valence electrons. The van der Waals surface area contributed by atoms with Gasteiger partial charge in [-0.2, -0.15) is 0 Å². The van der Waals surface area contributed by atoms with Gasteiger partial charge in [0, 0.05) is 15.7 Å². The summed E-state index contributed by atoms with van der Waals surface area (Å²) in [4.78, 5) is 0. The monoisotopic (exact) mass is 218 g/mol. The van der Waals surface area contributed by atoms with E-state index in [1.54, 1.807) is 0 Å². The number of rotatable bonds is 6. The second-order valence-electron chi connectivity index (χ2n) is 4.02. The maximum Gasteiger partial charge on any atom is 0.0358 e. The second kappa shape index (κ2) is 7.81. The van der Waals surface area contributed by atoms with Gasteiger partial charge < -0.3 is 0 Å². The van der Waals surface area contributed by atoms with Crippen LogP contribution in [0.3, 0.4) is 0 Å². The molecular formula is C11H22S2. The average Bonchev–Trinajstić information content (AvgIpc) is 2.04. The van der Waals surface area contributed by atoms with Crippen LogP contribution in [0.5, 0.6) is 0 Å². The van der Waals surface area contributed by atoms with Crippen molar-refractivity contribution in [3.63, 3.8) is 0 Å². The maximum atomic E-state index is 2.27. The Labute approximate surface area is 91.9 Å². The number of thioether (sulfide) groups is 2. The molecule has 0 aromatic rings. The Hall–Kier alpha value is 0.440. The molecule has 0 saturated carbocycles. The van der Waals surface area contributed by atoms with E-state index >= 15 is 0 Å². The zero-order valence-electron chi connectivity index (χ0n) is 9.46. The van der Waals surface area contributed by atoms with Gasteiger partial charge in [-0.15, -0.1) is 23.5 Å². The highest BCUT2D eigenvalue weighted by Gasteiger charge is 2.02. The Bertz CT molecular complexity index is 134. The van der Waals surface area contributed by atoms with E-state index in [4.69, 9.17) is 0 Å². The zero-order valence-corrected chi connectivity index (χ0v) is 11.1. The molecule has 0 nitrogen and oxygen atoms in total. The lowest BCUT2D eigenvalue weighted by Gasteiger charge is -2.09. The predicted molar refractivity (Wildman–Crippen MR) is 68.3 cm³/mol. The van der Waals surface area contributed by atoms with Gasteiger partial charge in [0.25, 0.3) is 0 Å². The topological polar surface area (TPSA) is 0 Å². The summed E-state index contributed by atoms with van der Waals surface area (Å²) in [6, 6.07) is 0. The Morgan fingerprint density at radius 2 is 1.38 bits per heavy atom. The SMILES string of the molecule is CC=C(SCC(C)C)SCC(C)C. The number of hydrogen-bond acceptors (Lipinski definition) is 2. The lowest BCUT2D eigenvalue weighted by Crippen LogP contribution is -1.93. The molecule has 13 heavy (non-hydrogen) atoms. The Morgan fingerprint density at radius 1 is 1.00 bits per heavy atom. The third-order valence-corrected chi connectivity index (χ3v) is 4.77. The van der Waals surface area contributed by atoms with Gasteiger partial charge in [0.2, 0.25) is 0 Å². The molecule has 0 atom stereocenters. The van der Waals surface area contributed by atoms with Crippen LogP contribution in [0.15, 0.2) is 10.3 Å². The van der Waals surface area contributed by atoms with Crippen molar-refractivity contribution in [2.24, 2.45) is 11.8 Å². The van der Waals surface area contributed by atoms with Crippen molar-refractivity contribution in [2.45, 2.75) is 34.6 Å². The fraction of sp³-hybridized carbons (Fsp3) is 0.818. The minimum atomic E-state index is 0.791. The summed E-state index contributed by atoms with van der Waals surface area (Å²) in [5.41, 5.74) is 0. The van der Waals surface area contributed by atoms with E-state index in [0.29, 0.717) is 0 Å². The third-order valence-electron chi connectivity index (χ3n) is 1.35. The van der Waals surface area contributed by atoms with E-state index in [2.05, 4.69) is 40.7 Å². The highest BCUT2D eigenvalue weighted by molar-refractivity contribution is 8.22. The van der Waals surface area contributed by atoms with Gasteiger partial charge in [-0.1, -0.05) is 33.8 Å². The fourth-order valence-electron chi connectivity index (χ4n) is 0.706. The Kier molecular flexibility index (Phi) is 8.07. The fourth-order valence-corrected chi connectivity index (χ4v) is 2.78. The van der Waals surface area contributed by atoms with E-state index in [9.17, 15) is 0 Å². The first-order valence-corrected chi connectivity index (χ1v) is 6.95. The van der Waals surface area contributed by atoms with Crippen molar-refractivity contribution in [1.82, 2.24) is 0 Å². The van der Waals surface area contributed by atoms with Crippen molar-refractivity contribution < 1.29 is 0 Å². The van der Waals surface area contributed by atoms with Gasteiger partial charge in [0.1, 0.15) is 0 Å². The van der Waals surface area contributed by atoms with Gasteiger partial charge >= 0.3 is 0 Å². The molecule has 0 spiro atoms. The molecule has 0 aliphatic heterocycles. The van der Waals surface area contributed by atoms with Crippen LogP contribution in [-0.2, 0) is 0 Å². The molecule has 0 aliphatic carbocycles. The normalized spacial score (nSPS) is 11.0. The van der Waals surface area contributed by atoms with Gasteiger partial charge in [0.15, 0.2) is 0 Å². The van der Waals surface area contributed by atoms with Crippen molar-refractivity contribution in [2.75, 3.05) is 11.5 Å². The van der Waals surface area contributed by atoms with Crippen molar-refractivity contribution in [1.29, 1.82) is 0 Å². The van der Waals surface area contributed by atoms with Crippen LogP contribution in [-0.4, -0.2) is 11.5 Å². The van der Waals surface area contributed by atoms with Crippen LogP contribution in [0.25, 0.3) is 0 Å². The Morgan fingerprint density at radius 3 is 1.62 bits per heavy atom. The van der Waals surface area contributed by atoms with E-state index < -0.39 is 0 Å². The molecular weight excluding hydrogens is 196 g/mol. The summed E-state index contributed by atoms with van der Waals surface area (Å²) in [5, 5.41) is 0. The molecule has 0 N–H and O–H groups in total. The molecule has 0 radical (unpaired) electrons. The lowest BCUT2D eigenvalue weighted by atomic mass is 10.3. The van der Waals surface area contributed by atoms with Gasteiger partial charge in [0.05, 0.1) is 0 Å². The first-order valence-electron chi connectivity index (χ1n) is 4.98. The van der Waals surface area contributed by atoms with Crippen molar-refractivity contribution in [3.05, 3.63) is 10.3 Å². The van der Waals surface area contributed by atoms with E-state index in [-0.39, 0.29) is 0 Å². The quantitative estimate of drug-likeness (QED) is 0.638. The molecule has 0 amide bonds. The van der Waals surface area contributed by atoms with Crippen LogP contribution in [0, 0.1) is 11.8 Å². The van der Waals surface area contributed by atoms with Crippen molar-refractivity contribution in [3.8, 4) is 0 Å². The molecule has 0 unspecified atom stereocenters. The summed E-state index contributed by atoms with van der Waals surface area (Å²) in [7, 11) is 0. The number of allylic oxidation sites excluding steroid dienone is 1. The Balaban J connectivity index is 3.65. The molecule has 2 heteroatoms. The number of hydrogen-bond donors (Lipinski definition) is 0. The minimum Gasteiger partial charge on any atom is -0.119 e. The standard InChI is InChI=1S/C11H22S2/c1-6-11(12-7-9(2)3)13-8-10(4)5/h6,9-10H,7-8H2,1-5H3.